The van der Waals surface area contributed by atoms with Gasteiger partial charge in [-0.15, -0.1) is 0 Å². The molecule has 1 aliphatic rings. The number of amides is 2. The molecule has 6 nitrogen and oxygen atoms in total. The third-order valence-corrected chi connectivity index (χ3v) is 3.34. The molecule has 0 saturated carbocycles. The summed E-state index contributed by atoms with van der Waals surface area (Å²) in [4.78, 5) is 25.1. The number of nitrogens with zero attached hydrogens (tertiary/aromatic N) is 1. The molecule has 18 heavy (non-hydrogen) atoms. The number of rotatable bonds is 5. The molecule has 0 spiro atoms. The van der Waals surface area contributed by atoms with Crippen molar-refractivity contribution in [1.82, 2.24) is 10.2 Å². The lowest BCUT2D eigenvalue weighted by molar-refractivity contribution is -0.142. The van der Waals surface area contributed by atoms with E-state index in [9.17, 15) is 9.59 Å². The van der Waals surface area contributed by atoms with Crippen molar-refractivity contribution in [1.29, 1.82) is 0 Å². The molecule has 1 fully saturated rings. The van der Waals surface area contributed by atoms with Crippen LogP contribution in [0, 0.1) is 0 Å². The van der Waals surface area contributed by atoms with Gasteiger partial charge in [-0.25, -0.2) is 9.59 Å². The van der Waals surface area contributed by atoms with Crippen LogP contribution in [-0.2, 0) is 14.3 Å². The average Bonchev–Trinajstić information content (AvgIpc) is 2.43. The van der Waals surface area contributed by atoms with Crippen molar-refractivity contribution in [2.75, 3.05) is 45.4 Å². The SMILES string of the molecule is COC(=O)C(CCSC)NC(=O)N1CCOCC1. The number of nitrogens with one attached hydrogen (secondary N) is 1. The Labute approximate surface area is 111 Å². The third-order valence-electron chi connectivity index (χ3n) is 2.69. The third kappa shape index (κ3) is 4.73. The van der Waals surface area contributed by atoms with Gasteiger partial charge in [-0.05, 0) is 18.4 Å². The molecule has 2 amide bonds. The Hall–Kier alpha value is -0.950. The summed E-state index contributed by atoms with van der Waals surface area (Å²) >= 11 is 1.63. The Morgan fingerprint density at radius 3 is 2.67 bits per heavy atom. The van der Waals surface area contributed by atoms with E-state index in [1.54, 1.807) is 16.7 Å². The summed E-state index contributed by atoms with van der Waals surface area (Å²) in [6.07, 6.45) is 2.53. The van der Waals surface area contributed by atoms with Gasteiger partial charge < -0.3 is 19.7 Å². The summed E-state index contributed by atoms with van der Waals surface area (Å²) in [5.74, 6) is 0.397. The van der Waals surface area contributed by atoms with E-state index in [0.717, 1.165) is 5.75 Å². The number of thioether (sulfide) groups is 1. The van der Waals surface area contributed by atoms with Gasteiger partial charge in [0.25, 0.3) is 0 Å². The fraction of sp³-hybridized carbons (Fsp3) is 0.818. The number of methoxy groups -OCH3 is 1. The fourth-order valence-electron chi connectivity index (χ4n) is 1.63. The van der Waals surface area contributed by atoms with Crippen LogP contribution in [0.25, 0.3) is 0 Å². The lowest BCUT2D eigenvalue weighted by atomic mass is 10.2. The second-order valence-corrected chi connectivity index (χ2v) is 4.89. The number of morpholine rings is 1. The van der Waals surface area contributed by atoms with Gasteiger partial charge in [0.2, 0.25) is 0 Å². The molecule has 1 N–H and O–H groups in total. The maximum absolute atomic E-state index is 11.9. The molecule has 1 unspecified atom stereocenters. The van der Waals surface area contributed by atoms with Crippen LogP contribution in [0.5, 0.6) is 0 Å². The quantitative estimate of drug-likeness (QED) is 0.733. The fourth-order valence-corrected chi connectivity index (χ4v) is 2.11. The Morgan fingerprint density at radius 1 is 1.44 bits per heavy atom. The molecule has 0 bridgehead atoms. The first-order valence-corrected chi connectivity index (χ1v) is 7.28. The maximum atomic E-state index is 11.9. The number of hydrogen-bond donors (Lipinski definition) is 1. The van der Waals surface area contributed by atoms with Crippen LogP contribution in [-0.4, -0.2) is 68.4 Å². The van der Waals surface area contributed by atoms with Crippen molar-refractivity contribution < 1.29 is 19.1 Å². The van der Waals surface area contributed by atoms with E-state index < -0.39 is 12.0 Å². The zero-order chi connectivity index (χ0) is 13.4. The van der Waals surface area contributed by atoms with E-state index >= 15 is 0 Å². The van der Waals surface area contributed by atoms with E-state index in [1.165, 1.54) is 7.11 Å². The van der Waals surface area contributed by atoms with Crippen LogP contribution in [0.3, 0.4) is 0 Å². The van der Waals surface area contributed by atoms with Crippen molar-refractivity contribution in [3.05, 3.63) is 0 Å². The smallest absolute Gasteiger partial charge is 0.328 e. The first kappa shape index (κ1) is 15.1. The Balaban J connectivity index is 2.47. The number of carbonyl (C=O) groups is 2. The minimum Gasteiger partial charge on any atom is -0.467 e. The normalized spacial score (nSPS) is 17.1. The number of urea groups is 1. The van der Waals surface area contributed by atoms with E-state index in [2.05, 4.69) is 5.32 Å². The Kier molecular flexibility index (Phi) is 6.89. The Morgan fingerprint density at radius 2 is 2.11 bits per heavy atom. The van der Waals surface area contributed by atoms with E-state index in [-0.39, 0.29) is 6.03 Å². The van der Waals surface area contributed by atoms with Gasteiger partial charge in [0.1, 0.15) is 6.04 Å². The summed E-state index contributed by atoms with van der Waals surface area (Å²) < 4.78 is 9.86. The highest BCUT2D eigenvalue weighted by Gasteiger charge is 2.24. The first-order chi connectivity index (χ1) is 8.69. The van der Waals surface area contributed by atoms with Crippen LogP contribution in [0.4, 0.5) is 4.79 Å². The molecule has 0 aliphatic carbocycles. The molecule has 1 rings (SSSR count). The highest BCUT2D eigenvalue weighted by atomic mass is 32.2. The van der Waals surface area contributed by atoms with Gasteiger partial charge in [0.15, 0.2) is 0 Å². The molecule has 1 aliphatic heterocycles. The van der Waals surface area contributed by atoms with Crippen molar-refractivity contribution in [3.8, 4) is 0 Å². The molecular formula is C11H20N2O4S. The van der Waals surface area contributed by atoms with Crippen molar-refractivity contribution >= 4 is 23.8 Å². The topological polar surface area (TPSA) is 67.9 Å². The second kappa shape index (κ2) is 8.20. The molecule has 7 heteroatoms. The molecule has 0 aromatic carbocycles. The van der Waals surface area contributed by atoms with Crippen molar-refractivity contribution in [2.24, 2.45) is 0 Å². The summed E-state index contributed by atoms with van der Waals surface area (Å²) in [6, 6.07) is -0.799. The largest absolute Gasteiger partial charge is 0.467 e. The lowest BCUT2D eigenvalue weighted by Crippen LogP contribution is -2.51. The van der Waals surface area contributed by atoms with Gasteiger partial charge in [-0.3, -0.25) is 0 Å². The van der Waals surface area contributed by atoms with Crippen LogP contribution in [0.15, 0.2) is 0 Å². The van der Waals surface area contributed by atoms with Crippen LogP contribution < -0.4 is 5.32 Å². The van der Waals surface area contributed by atoms with Gasteiger partial charge in [-0.1, -0.05) is 0 Å². The molecular weight excluding hydrogens is 256 g/mol. The highest BCUT2D eigenvalue weighted by Crippen LogP contribution is 2.04. The van der Waals surface area contributed by atoms with Gasteiger partial charge in [0.05, 0.1) is 20.3 Å². The summed E-state index contributed by atoms with van der Waals surface area (Å²) in [6.45, 7) is 2.20. The van der Waals surface area contributed by atoms with Crippen molar-refractivity contribution in [2.45, 2.75) is 12.5 Å². The monoisotopic (exact) mass is 276 g/mol. The summed E-state index contributed by atoms with van der Waals surface area (Å²) in [7, 11) is 1.33. The minimum atomic E-state index is -0.571. The predicted molar refractivity (Wildman–Crippen MR) is 69.7 cm³/mol. The number of esters is 1. The van der Waals surface area contributed by atoms with E-state index in [4.69, 9.17) is 9.47 Å². The van der Waals surface area contributed by atoms with E-state index in [0.29, 0.717) is 32.7 Å². The molecule has 104 valence electrons. The second-order valence-electron chi connectivity index (χ2n) is 3.91. The molecule has 1 atom stereocenters. The standard InChI is InChI=1S/C11H20N2O4S/c1-16-10(14)9(3-8-18-2)12-11(15)13-4-6-17-7-5-13/h9H,3-8H2,1-2H3,(H,12,15). The lowest BCUT2D eigenvalue weighted by Gasteiger charge is -2.28. The number of hydrogen-bond acceptors (Lipinski definition) is 5. The van der Waals surface area contributed by atoms with Gasteiger partial charge in [-0.2, -0.15) is 11.8 Å². The molecule has 0 aromatic heterocycles. The molecule has 1 heterocycles. The number of ether oxygens (including phenoxy) is 2. The van der Waals surface area contributed by atoms with Crippen LogP contribution in [0.1, 0.15) is 6.42 Å². The van der Waals surface area contributed by atoms with Gasteiger partial charge >= 0.3 is 12.0 Å². The first-order valence-electron chi connectivity index (χ1n) is 5.89. The highest BCUT2D eigenvalue weighted by molar-refractivity contribution is 7.98. The molecule has 0 radical (unpaired) electrons. The average molecular weight is 276 g/mol. The zero-order valence-corrected chi connectivity index (χ0v) is 11.6. The molecule has 1 saturated heterocycles. The maximum Gasteiger partial charge on any atom is 0.328 e. The molecule has 0 aromatic rings. The van der Waals surface area contributed by atoms with Crippen LogP contribution in [0.2, 0.25) is 0 Å². The summed E-state index contributed by atoms with van der Waals surface area (Å²) in [5, 5.41) is 2.72. The van der Waals surface area contributed by atoms with Crippen LogP contribution >= 0.6 is 11.8 Å². The Bertz CT molecular complexity index is 282. The van der Waals surface area contributed by atoms with E-state index in [1.807, 2.05) is 6.26 Å². The van der Waals surface area contributed by atoms with Gasteiger partial charge in [0, 0.05) is 13.1 Å². The predicted octanol–water partition coefficient (Wildman–Crippen LogP) is 0.323. The number of carbonyl (C=O) groups excluding carboxylic acids is 2. The minimum absolute atomic E-state index is 0.227. The summed E-state index contributed by atoms with van der Waals surface area (Å²) in [5.41, 5.74) is 0. The van der Waals surface area contributed by atoms with Crippen molar-refractivity contribution in [3.63, 3.8) is 0 Å². The zero-order valence-electron chi connectivity index (χ0n) is 10.8.